The molecule has 27 heavy (non-hydrogen) atoms. The Balaban J connectivity index is 1.93. The van der Waals surface area contributed by atoms with Crippen molar-refractivity contribution in [3.63, 3.8) is 0 Å². The first-order valence-corrected chi connectivity index (χ1v) is 8.21. The maximum Gasteiger partial charge on any atom is 0.401 e. The number of halogens is 3. The average Bonchev–Trinajstić information content (AvgIpc) is 2.86. The molecule has 0 unspecified atom stereocenters. The largest absolute Gasteiger partial charge is 0.401 e. The number of imidazole rings is 1. The molecule has 5 nitrogen and oxygen atoms in total. The van der Waals surface area contributed by atoms with Crippen molar-refractivity contribution in [3.8, 4) is 6.07 Å². The minimum absolute atomic E-state index is 0.000873. The fourth-order valence-corrected chi connectivity index (χ4v) is 3.05. The Bertz CT molecular complexity index is 1040. The molecule has 0 aliphatic heterocycles. The van der Waals surface area contributed by atoms with Crippen LogP contribution in [0.2, 0.25) is 0 Å². The summed E-state index contributed by atoms with van der Waals surface area (Å²) >= 11 is 0. The van der Waals surface area contributed by atoms with Crippen molar-refractivity contribution in [2.24, 2.45) is 7.05 Å². The van der Waals surface area contributed by atoms with Crippen LogP contribution < -0.4 is 5.69 Å². The number of aromatic nitrogens is 2. The third-order valence-corrected chi connectivity index (χ3v) is 4.29. The summed E-state index contributed by atoms with van der Waals surface area (Å²) in [5.74, 6) is 0. The van der Waals surface area contributed by atoms with E-state index < -0.39 is 12.7 Å². The Morgan fingerprint density at radius 3 is 2.30 bits per heavy atom. The lowest BCUT2D eigenvalue weighted by molar-refractivity contribution is -0.150. The van der Waals surface area contributed by atoms with Crippen molar-refractivity contribution in [3.05, 3.63) is 70.1 Å². The predicted octanol–water partition coefficient (Wildman–Crippen LogP) is 3.23. The number of nitriles is 1. The molecule has 3 rings (SSSR count). The van der Waals surface area contributed by atoms with Crippen LogP contribution in [0.4, 0.5) is 13.2 Å². The molecule has 0 atom stereocenters. The number of alkyl halides is 3. The summed E-state index contributed by atoms with van der Waals surface area (Å²) < 4.78 is 42.0. The molecule has 0 spiro atoms. The molecule has 0 saturated carbocycles. The SMILES string of the molecule is Cn1c(=O)n(CN(Cc2ccc(C#N)cc2)CC(F)(F)F)c2ccccc21. The van der Waals surface area contributed by atoms with E-state index in [2.05, 4.69) is 0 Å². The third kappa shape index (κ3) is 4.20. The van der Waals surface area contributed by atoms with Gasteiger partial charge in [-0.1, -0.05) is 24.3 Å². The third-order valence-electron chi connectivity index (χ3n) is 4.29. The predicted molar refractivity (Wildman–Crippen MR) is 94.8 cm³/mol. The van der Waals surface area contributed by atoms with Crippen LogP contribution in [0.1, 0.15) is 11.1 Å². The molecule has 0 aliphatic rings. The molecular formula is C19H17F3N4O. The van der Waals surface area contributed by atoms with E-state index in [9.17, 15) is 18.0 Å². The molecule has 0 radical (unpaired) electrons. The van der Waals surface area contributed by atoms with E-state index in [0.717, 1.165) is 4.90 Å². The number of hydrogen-bond donors (Lipinski definition) is 0. The second kappa shape index (κ2) is 7.29. The molecule has 0 amide bonds. The highest BCUT2D eigenvalue weighted by atomic mass is 19.4. The number of rotatable bonds is 5. The second-order valence-corrected chi connectivity index (χ2v) is 6.31. The second-order valence-electron chi connectivity index (χ2n) is 6.31. The lowest BCUT2D eigenvalue weighted by Gasteiger charge is -2.24. The zero-order valence-corrected chi connectivity index (χ0v) is 14.6. The highest BCUT2D eigenvalue weighted by Gasteiger charge is 2.31. The molecule has 1 aromatic heterocycles. The molecule has 1 heterocycles. The summed E-state index contributed by atoms with van der Waals surface area (Å²) in [5, 5.41) is 8.84. The first kappa shape index (κ1) is 18.7. The van der Waals surface area contributed by atoms with E-state index in [1.54, 1.807) is 55.6 Å². The molecule has 0 N–H and O–H groups in total. The van der Waals surface area contributed by atoms with Gasteiger partial charge in [-0.05, 0) is 29.8 Å². The van der Waals surface area contributed by atoms with Gasteiger partial charge in [0.2, 0.25) is 0 Å². The Hall–Kier alpha value is -3.05. The van der Waals surface area contributed by atoms with Gasteiger partial charge in [-0.2, -0.15) is 18.4 Å². The quantitative estimate of drug-likeness (QED) is 0.689. The van der Waals surface area contributed by atoms with Crippen molar-refractivity contribution in [2.75, 3.05) is 6.54 Å². The van der Waals surface area contributed by atoms with Crippen LogP contribution in [0.3, 0.4) is 0 Å². The lowest BCUT2D eigenvalue weighted by Crippen LogP contribution is -2.38. The van der Waals surface area contributed by atoms with Gasteiger partial charge >= 0.3 is 11.9 Å². The van der Waals surface area contributed by atoms with Crippen molar-refractivity contribution < 1.29 is 13.2 Å². The Kier molecular flexibility index (Phi) is 5.06. The van der Waals surface area contributed by atoms with Gasteiger partial charge in [0.15, 0.2) is 0 Å². The van der Waals surface area contributed by atoms with E-state index in [1.807, 2.05) is 6.07 Å². The zero-order valence-electron chi connectivity index (χ0n) is 14.6. The molecule has 2 aromatic carbocycles. The Morgan fingerprint density at radius 2 is 1.70 bits per heavy atom. The highest BCUT2D eigenvalue weighted by molar-refractivity contribution is 5.75. The van der Waals surface area contributed by atoms with Crippen molar-refractivity contribution in [1.82, 2.24) is 14.0 Å². The number of benzene rings is 2. The van der Waals surface area contributed by atoms with E-state index >= 15 is 0 Å². The Labute approximate surface area is 153 Å². The summed E-state index contributed by atoms with van der Waals surface area (Å²) in [5.41, 5.74) is 1.94. The van der Waals surface area contributed by atoms with Gasteiger partial charge in [-0.3, -0.25) is 14.0 Å². The summed E-state index contributed by atoms with van der Waals surface area (Å²) in [6.45, 7) is -1.34. The van der Waals surface area contributed by atoms with Crippen LogP contribution in [-0.4, -0.2) is 26.8 Å². The molecular weight excluding hydrogens is 357 g/mol. The summed E-state index contributed by atoms with van der Waals surface area (Å²) in [6, 6.07) is 15.3. The summed E-state index contributed by atoms with van der Waals surface area (Å²) in [7, 11) is 1.59. The van der Waals surface area contributed by atoms with Crippen LogP contribution in [0.5, 0.6) is 0 Å². The smallest absolute Gasteiger partial charge is 0.295 e. The van der Waals surface area contributed by atoms with Crippen molar-refractivity contribution in [1.29, 1.82) is 5.26 Å². The Morgan fingerprint density at radius 1 is 1.07 bits per heavy atom. The number of nitrogens with zero attached hydrogens (tertiary/aromatic N) is 4. The maximum atomic E-state index is 13.1. The number of para-hydroxylation sites is 2. The van der Waals surface area contributed by atoms with E-state index in [4.69, 9.17) is 5.26 Å². The molecule has 0 bridgehead atoms. The standard InChI is InChI=1S/C19H17F3N4O/c1-24-16-4-2-3-5-17(16)26(18(24)27)13-25(12-19(20,21)22)11-15-8-6-14(10-23)7-9-15/h2-9H,11-13H2,1H3. The lowest BCUT2D eigenvalue weighted by atomic mass is 10.1. The van der Waals surface area contributed by atoms with Crippen LogP contribution in [-0.2, 0) is 20.3 Å². The van der Waals surface area contributed by atoms with Crippen LogP contribution in [0.15, 0.2) is 53.3 Å². The minimum Gasteiger partial charge on any atom is -0.295 e. The van der Waals surface area contributed by atoms with Gasteiger partial charge in [-0.25, -0.2) is 4.79 Å². The molecule has 140 valence electrons. The fraction of sp³-hybridized carbons (Fsp3) is 0.263. The van der Waals surface area contributed by atoms with Crippen LogP contribution in [0.25, 0.3) is 11.0 Å². The molecule has 0 aliphatic carbocycles. The fourth-order valence-electron chi connectivity index (χ4n) is 3.05. The van der Waals surface area contributed by atoms with Gasteiger partial charge in [0, 0.05) is 13.6 Å². The molecule has 3 aromatic rings. The van der Waals surface area contributed by atoms with E-state index in [-0.39, 0.29) is 18.9 Å². The summed E-state index contributed by atoms with van der Waals surface area (Å²) in [4.78, 5) is 13.7. The number of fused-ring (bicyclic) bond motifs is 1. The average molecular weight is 374 g/mol. The normalized spacial score (nSPS) is 11.9. The van der Waals surface area contributed by atoms with E-state index in [0.29, 0.717) is 22.2 Å². The number of aryl methyl sites for hydroxylation is 1. The minimum atomic E-state index is -4.40. The molecule has 0 saturated heterocycles. The number of hydrogen-bond acceptors (Lipinski definition) is 3. The first-order chi connectivity index (χ1) is 12.8. The van der Waals surface area contributed by atoms with Crippen LogP contribution in [0, 0.1) is 11.3 Å². The highest BCUT2D eigenvalue weighted by Crippen LogP contribution is 2.20. The first-order valence-electron chi connectivity index (χ1n) is 8.21. The monoisotopic (exact) mass is 374 g/mol. The van der Waals surface area contributed by atoms with Gasteiger partial charge < -0.3 is 0 Å². The van der Waals surface area contributed by atoms with Gasteiger partial charge in [-0.15, -0.1) is 0 Å². The molecule has 8 heteroatoms. The maximum absolute atomic E-state index is 13.1. The summed E-state index contributed by atoms with van der Waals surface area (Å²) in [6.07, 6.45) is -4.40. The topological polar surface area (TPSA) is 54.0 Å². The van der Waals surface area contributed by atoms with E-state index in [1.165, 1.54) is 9.13 Å². The zero-order chi connectivity index (χ0) is 19.6. The van der Waals surface area contributed by atoms with Gasteiger partial charge in [0.1, 0.15) is 0 Å². The van der Waals surface area contributed by atoms with Crippen molar-refractivity contribution >= 4 is 11.0 Å². The van der Waals surface area contributed by atoms with Crippen molar-refractivity contribution in [2.45, 2.75) is 19.4 Å². The van der Waals surface area contributed by atoms with Crippen LogP contribution >= 0.6 is 0 Å². The van der Waals surface area contributed by atoms with Gasteiger partial charge in [0.05, 0.1) is 35.9 Å². The van der Waals surface area contributed by atoms with Gasteiger partial charge in [0.25, 0.3) is 0 Å². The molecule has 0 fully saturated rings.